The number of aryl methyl sites for hydroxylation is 1. The number of carbonyl (C=O) groups excluding carboxylic acids is 1. The van der Waals surface area contributed by atoms with Crippen molar-refractivity contribution in [1.82, 2.24) is 4.90 Å². The molecule has 1 fully saturated rings. The molecular weight excluding hydrogens is 262 g/mol. The van der Waals surface area contributed by atoms with Crippen molar-refractivity contribution in [2.75, 3.05) is 30.7 Å². The van der Waals surface area contributed by atoms with Crippen molar-refractivity contribution in [2.45, 2.75) is 39.5 Å². The van der Waals surface area contributed by atoms with Gasteiger partial charge in [-0.1, -0.05) is 13.3 Å². The standard InChI is InChI=1S/C17H27N3O/c1-3-14-5-4-9-20(12-14)10-8-17(21)19-16-7-6-15(18)11-13(16)2/h6-7,11,14H,3-5,8-10,12,18H2,1-2H3,(H,19,21). The Balaban J connectivity index is 1.79. The Labute approximate surface area is 127 Å². The highest BCUT2D eigenvalue weighted by molar-refractivity contribution is 5.91. The SMILES string of the molecule is CCC1CCCN(CCC(=O)Nc2ccc(N)cc2C)C1. The summed E-state index contributed by atoms with van der Waals surface area (Å²) in [5.74, 6) is 0.891. The van der Waals surface area contributed by atoms with Gasteiger partial charge in [-0.05, 0) is 56.0 Å². The van der Waals surface area contributed by atoms with E-state index < -0.39 is 0 Å². The number of hydrogen-bond donors (Lipinski definition) is 2. The van der Waals surface area contributed by atoms with Crippen molar-refractivity contribution in [3.8, 4) is 0 Å². The molecule has 1 heterocycles. The predicted molar refractivity (Wildman–Crippen MR) is 88.3 cm³/mol. The number of rotatable bonds is 5. The van der Waals surface area contributed by atoms with Gasteiger partial charge in [-0.25, -0.2) is 0 Å². The van der Waals surface area contributed by atoms with Crippen molar-refractivity contribution >= 4 is 17.3 Å². The van der Waals surface area contributed by atoms with Crippen LogP contribution in [0.4, 0.5) is 11.4 Å². The van der Waals surface area contributed by atoms with Crippen LogP contribution in [0.3, 0.4) is 0 Å². The molecule has 1 aliphatic heterocycles. The molecule has 1 atom stereocenters. The lowest BCUT2D eigenvalue weighted by Crippen LogP contribution is -2.37. The molecule has 0 spiro atoms. The van der Waals surface area contributed by atoms with Gasteiger partial charge in [0.25, 0.3) is 0 Å². The molecule has 0 aromatic heterocycles. The first-order valence-electron chi connectivity index (χ1n) is 7.96. The number of nitrogens with two attached hydrogens (primary N) is 1. The number of benzene rings is 1. The number of hydrogen-bond acceptors (Lipinski definition) is 3. The second-order valence-corrected chi connectivity index (χ2v) is 6.09. The van der Waals surface area contributed by atoms with Gasteiger partial charge in [-0.15, -0.1) is 0 Å². The lowest BCUT2D eigenvalue weighted by Gasteiger charge is -2.32. The van der Waals surface area contributed by atoms with Crippen LogP contribution >= 0.6 is 0 Å². The van der Waals surface area contributed by atoms with Gasteiger partial charge >= 0.3 is 0 Å². The Hall–Kier alpha value is -1.55. The molecule has 1 aromatic rings. The van der Waals surface area contributed by atoms with E-state index in [9.17, 15) is 4.79 Å². The van der Waals surface area contributed by atoms with Crippen LogP contribution in [0.25, 0.3) is 0 Å². The third-order valence-corrected chi connectivity index (χ3v) is 4.36. The molecule has 1 aliphatic rings. The molecule has 4 nitrogen and oxygen atoms in total. The fourth-order valence-corrected chi connectivity index (χ4v) is 2.99. The molecule has 3 N–H and O–H groups in total. The molecule has 1 amide bonds. The van der Waals surface area contributed by atoms with Crippen molar-refractivity contribution < 1.29 is 4.79 Å². The highest BCUT2D eigenvalue weighted by Crippen LogP contribution is 2.20. The first-order valence-corrected chi connectivity index (χ1v) is 7.96. The molecule has 116 valence electrons. The molecule has 1 saturated heterocycles. The molecule has 0 bridgehead atoms. The maximum Gasteiger partial charge on any atom is 0.225 e. The zero-order valence-corrected chi connectivity index (χ0v) is 13.2. The average Bonchev–Trinajstić information content (AvgIpc) is 2.48. The van der Waals surface area contributed by atoms with Crippen LogP contribution in [0.15, 0.2) is 18.2 Å². The van der Waals surface area contributed by atoms with E-state index in [2.05, 4.69) is 17.1 Å². The highest BCUT2D eigenvalue weighted by atomic mass is 16.1. The molecule has 2 rings (SSSR count). The van der Waals surface area contributed by atoms with Crippen LogP contribution in [-0.2, 0) is 4.79 Å². The summed E-state index contributed by atoms with van der Waals surface area (Å²) in [4.78, 5) is 14.5. The van der Waals surface area contributed by atoms with Gasteiger partial charge in [0.2, 0.25) is 5.91 Å². The summed E-state index contributed by atoms with van der Waals surface area (Å²) in [5, 5.41) is 2.98. The summed E-state index contributed by atoms with van der Waals surface area (Å²) in [6.45, 7) is 7.35. The summed E-state index contributed by atoms with van der Waals surface area (Å²) >= 11 is 0. The van der Waals surface area contributed by atoms with E-state index in [-0.39, 0.29) is 5.91 Å². The molecule has 21 heavy (non-hydrogen) atoms. The number of anilines is 2. The molecule has 4 heteroatoms. The Bertz CT molecular complexity index is 487. The van der Waals surface area contributed by atoms with E-state index in [0.29, 0.717) is 6.42 Å². The van der Waals surface area contributed by atoms with Gasteiger partial charge in [0, 0.05) is 30.9 Å². The van der Waals surface area contributed by atoms with Crippen molar-refractivity contribution in [1.29, 1.82) is 0 Å². The Morgan fingerprint density at radius 2 is 2.29 bits per heavy atom. The van der Waals surface area contributed by atoms with Gasteiger partial charge in [0.05, 0.1) is 0 Å². The minimum absolute atomic E-state index is 0.0847. The number of amides is 1. The number of nitrogens with one attached hydrogen (secondary N) is 1. The van der Waals surface area contributed by atoms with Crippen LogP contribution in [0.1, 0.15) is 38.2 Å². The molecule has 1 aromatic carbocycles. The third kappa shape index (κ3) is 4.74. The fraction of sp³-hybridized carbons (Fsp3) is 0.588. The van der Waals surface area contributed by atoms with Gasteiger partial charge in [0.15, 0.2) is 0 Å². The van der Waals surface area contributed by atoms with Gasteiger partial charge in [0.1, 0.15) is 0 Å². The number of likely N-dealkylation sites (tertiary alicyclic amines) is 1. The first kappa shape index (κ1) is 15.8. The number of nitrogens with zero attached hydrogens (tertiary/aromatic N) is 1. The zero-order chi connectivity index (χ0) is 15.2. The maximum atomic E-state index is 12.1. The van der Waals surface area contributed by atoms with Gasteiger partial charge in [-0.2, -0.15) is 0 Å². The van der Waals surface area contributed by atoms with Crippen molar-refractivity contribution in [2.24, 2.45) is 5.92 Å². The first-order chi connectivity index (χ1) is 10.1. The summed E-state index contributed by atoms with van der Waals surface area (Å²) < 4.78 is 0. The third-order valence-electron chi connectivity index (χ3n) is 4.36. The number of nitrogen functional groups attached to an aromatic ring is 1. The van der Waals surface area contributed by atoms with Crippen LogP contribution in [0, 0.1) is 12.8 Å². The van der Waals surface area contributed by atoms with Crippen LogP contribution in [-0.4, -0.2) is 30.4 Å². The second-order valence-electron chi connectivity index (χ2n) is 6.09. The summed E-state index contributed by atoms with van der Waals surface area (Å²) in [7, 11) is 0. The van der Waals surface area contributed by atoms with E-state index in [1.165, 1.54) is 19.3 Å². The highest BCUT2D eigenvalue weighted by Gasteiger charge is 2.18. The van der Waals surface area contributed by atoms with E-state index in [4.69, 9.17) is 5.73 Å². The smallest absolute Gasteiger partial charge is 0.225 e. The minimum Gasteiger partial charge on any atom is -0.399 e. The van der Waals surface area contributed by atoms with Gasteiger partial charge < -0.3 is 16.0 Å². The average molecular weight is 289 g/mol. The molecule has 0 radical (unpaired) electrons. The van der Waals surface area contributed by atoms with Crippen LogP contribution < -0.4 is 11.1 Å². The lowest BCUT2D eigenvalue weighted by molar-refractivity contribution is -0.116. The quantitative estimate of drug-likeness (QED) is 0.819. The fourth-order valence-electron chi connectivity index (χ4n) is 2.99. The molecule has 0 aliphatic carbocycles. The van der Waals surface area contributed by atoms with Gasteiger partial charge in [-0.3, -0.25) is 4.79 Å². The number of piperidine rings is 1. The summed E-state index contributed by atoms with van der Waals surface area (Å²) in [6, 6.07) is 5.57. The van der Waals surface area contributed by atoms with Crippen LogP contribution in [0.5, 0.6) is 0 Å². The topological polar surface area (TPSA) is 58.4 Å². The Morgan fingerprint density at radius 3 is 3.00 bits per heavy atom. The van der Waals surface area contributed by atoms with Crippen LogP contribution in [0.2, 0.25) is 0 Å². The van der Waals surface area contributed by atoms with Crippen molar-refractivity contribution in [3.63, 3.8) is 0 Å². The Kier molecular flexibility index (Phi) is 5.62. The lowest BCUT2D eigenvalue weighted by atomic mass is 9.95. The molecular formula is C17H27N3O. The van der Waals surface area contributed by atoms with E-state index in [1.54, 1.807) is 0 Å². The molecule has 1 unspecified atom stereocenters. The monoisotopic (exact) mass is 289 g/mol. The largest absolute Gasteiger partial charge is 0.399 e. The summed E-state index contributed by atoms with van der Waals surface area (Å²) in [5.41, 5.74) is 8.31. The van der Waals surface area contributed by atoms with Crippen molar-refractivity contribution in [3.05, 3.63) is 23.8 Å². The number of carbonyl (C=O) groups is 1. The van der Waals surface area contributed by atoms with E-state index >= 15 is 0 Å². The molecule has 0 saturated carbocycles. The van der Waals surface area contributed by atoms with E-state index in [0.717, 1.165) is 42.5 Å². The zero-order valence-electron chi connectivity index (χ0n) is 13.2. The van der Waals surface area contributed by atoms with E-state index in [1.807, 2.05) is 25.1 Å². The normalized spacial score (nSPS) is 19.4. The minimum atomic E-state index is 0.0847. The predicted octanol–water partition coefficient (Wildman–Crippen LogP) is 3.03. The Morgan fingerprint density at radius 1 is 1.48 bits per heavy atom. The second kappa shape index (κ2) is 7.46. The maximum absolute atomic E-state index is 12.1. The summed E-state index contributed by atoms with van der Waals surface area (Å²) in [6.07, 6.45) is 4.40.